The molecule has 0 bridgehead atoms. The maximum atomic E-state index is 12.9. The number of nitrogens with one attached hydrogen (secondary N) is 2. The number of benzene rings is 1. The quantitative estimate of drug-likeness (QED) is 0.599. The van der Waals surface area contributed by atoms with E-state index in [9.17, 15) is 9.59 Å². The zero-order chi connectivity index (χ0) is 21.4. The van der Waals surface area contributed by atoms with Crippen LogP contribution in [-0.4, -0.2) is 24.3 Å². The number of carbonyl (C=O) groups is 2. The second-order valence-electron chi connectivity index (χ2n) is 7.21. The van der Waals surface area contributed by atoms with Crippen molar-refractivity contribution in [2.75, 3.05) is 12.1 Å². The molecule has 0 saturated heterocycles. The molecule has 2 N–H and O–H groups in total. The van der Waals surface area contributed by atoms with E-state index >= 15 is 0 Å². The lowest BCUT2D eigenvalue weighted by molar-refractivity contribution is 0.0957. The molecular weight excluding hydrogens is 418 g/mol. The molecule has 8 nitrogen and oxygen atoms in total. The summed E-state index contributed by atoms with van der Waals surface area (Å²) in [7, 11) is 0. The Bertz CT molecular complexity index is 1200. The molecule has 5 rings (SSSR count). The van der Waals surface area contributed by atoms with E-state index in [0.717, 1.165) is 17.7 Å². The summed E-state index contributed by atoms with van der Waals surface area (Å²) < 4.78 is 16.6. The molecule has 2 aromatic heterocycles. The van der Waals surface area contributed by atoms with E-state index in [1.807, 2.05) is 18.4 Å². The van der Waals surface area contributed by atoms with Crippen LogP contribution in [0.15, 0.2) is 45.2 Å². The molecule has 0 radical (unpaired) electrons. The van der Waals surface area contributed by atoms with E-state index in [-0.39, 0.29) is 24.4 Å². The van der Waals surface area contributed by atoms with Crippen LogP contribution in [0, 0.1) is 6.92 Å². The number of carbonyl (C=O) groups excluding carboxylic acids is 2. The molecule has 158 valence electrons. The van der Waals surface area contributed by atoms with Gasteiger partial charge in [-0.15, -0.1) is 11.3 Å². The number of aryl methyl sites for hydroxylation is 1. The SMILES string of the molecule is Cc1c(C(=O)Nc2ccc3c(c2)OCO3)oc2c1/C(=N/NC(=O)c1cccs1)CCC2. The average molecular weight is 437 g/mol. The molecule has 3 aromatic rings. The Morgan fingerprint density at radius 1 is 1.10 bits per heavy atom. The number of ether oxygens (including phenoxy) is 2. The number of nitrogens with zero attached hydrogens (tertiary/aromatic N) is 1. The van der Waals surface area contributed by atoms with Crippen LogP contribution in [0.2, 0.25) is 0 Å². The average Bonchev–Trinajstić information content (AvgIpc) is 3.52. The standard InChI is InChI=1S/C22H19N3O5S/c1-12-19-14(24-25-21(26)18-6-3-9-31-18)4-2-5-16(19)30-20(12)22(27)23-13-7-8-15-17(10-13)29-11-28-15/h3,6-10H,2,4-5,11H2,1H3,(H,23,27)(H,25,26)/b24-14+. The fourth-order valence-electron chi connectivity index (χ4n) is 3.74. The maximum absolute atomic E-state index is 12.9. The number of furan rings is 1. The van der Waals surface area contributed by atoms with E-state index in [1.54, 1.807) is 24.3 Å². The van der Waals surface area contributed by atoms with Crippen LogP contribution in [0.3, 0.4) is 0 Å². The molecule has 0 fully saturated rings. The number of amides is 2. The van der Waals surface area contributed by atoms with Crippen molar-refractivity contribution in [1.82, 2.24) is 5.43 Å². The molecule has 0 saturated carbocycles. The van der Waals surface area contributed by atoms with Crippen LogP contribution in [0.25, 0.3) is 0 Å². The number of hydrogen-bond acceptors (Lipinski definition) is 7. The molecule has 1 aliphatic heterocycles. The van der Waals surface area contributed by atoms with Gasteiger partial charge in [0.15, 0.2) is 17.3 Å². The summed E-state index contributed by atoms with van der Waals surface area (Å²) in [6, 6.07) is 8.77. The summed E-state index contributed by atoms with van der Waals surface area (Å²) in [5.74, 6) is 1.58. The van der Waals surface area contributed by atoms with Gasteiger partial charge in [0, 0.05) is 29.3 Å². The second-order valence-corrected chi connectivity index (χ2v) is 8.15. The highest BCUT2D eigenvalue weighted by atomic mass is 32.1. The molecule has 0 unspecified atom stereocenters. The Morgan fingerprint density at radius 3 is 2.81 bits per heavy atom. The van der Waals surface area contributed by atoms with Gasteiger partial charge in [-0.2, -0.15) is 5.10 Å². The molecule has 2 amide bonds. The minimum absolute atomic E-state index is 0.169. The topological polar surface area (TPSA) is 102 Å². The van der Waals surface area contributed by atoms with E-state index < -0.39 is 0 Å². The Kier molecular flexibility index (Phi) is 4.95. The van der Waals surface area contributed by atoms with Gasteiger partial charge in [-0.25, -0.2) is 5.43 Å². The van der Waals surface area contributed by atoms with Crippen molar-refractivity contribution in [1.29, 1.82) is 0 Å². The monoisotopic (exact) mass is 437 g/mol. The summed E-state index contributed by atoms with van der Waals surface area (Å²) in [5, 5.41) is 9.02. The van der Waals surface area contributed by atoms with Crippen LogP contribution in [0.4, 0.5) is 5.69 Å². The van der Waals surface area contributed by atoms with Crippen molar-refractivity contribution in [2.24, 2.45) is 5.10 Å². The second kappa shape index (κ2) is 7.92. The van der Waals surface area contributed by atoms with Crippen LogP contribution >= 0.6 is 11.3 Å². The molecule has 1 aliphatic carbocycles. The van der Waals surface area contributed by atoms with Gasteiger partial charge in [0.25, 0.3) is 11.8 Å². The predicted octanol–water partition coefficient (Wildman–Crippen LogP) is 4.10. The summed E-state index contributed by atoms with van der Waals surface area (Å²) >= 11 is 1.35. The first-order valence-electron chi connectivity index (χ1n) is 9.84. The van der Waals surface area contributed by atoms with Gasteiger partial charge >= 0.3 is 0 Å². The van der Waals surface area contributed by atoms with Gasteiger partial charge in [-0.1, -0.05) is 6.07 Å². The zero-order valence-corrected chi connectivity index (χ0v) is 17.5. The van der Waals surface area contributed by atoms with Gasteiger partial charge in [0.2, 0.25) is 6.79 Å². The molecule has 1 aromatic carbocycles. The summed E-state index contributed by atoms with van der Waals surface area (Å²) in [5.41, 5.74) is 5.42. The third-order valence-electron chi connectivity index (χ3n) is 5.20. The number of anilines is 1. The van der Waals surface area contributed by atoms with Crippen LogP contribution in [-0.2, 0) is 6.42 Å². The lowest BCUT2D eigenvalue weighted by Crippen LogP contribution is -2.21. The number of rotatable bonds is 4. The Morgan fingerprint density at radius 2 is 1.97 bits per heavy atom. The Balaban J connectivity index is 1.37. The molecule has 0 atom stereocenters. The van der Waals surface area contributed by atoms with Crippen molar-refractivity contribution >= 4 is 34.6 Å². The first-order valence-corrected chi connectivity index (χ1v) is 10.7. The van der Waals surface area contributed by atoms with E-state index in [1.165, 1.54) is 11.3 Å². The zero-order valence-electron chi connectivity index (χ0n) is 16.7. The fourth-order valence-corrected chi connectivity index (χ4v) is 4.35. The summed E-state index contributed by atoms with van der Waals surface area (Å²) in [4.78, 5) is 25.7. The molecule has 9 heteroatoms. The van der Waals surface area contributed by atoms with Crippen molar-refractivity contribution in [3.05, 3.63) is 63.2 Å². The lowest BCUT2D eigenvalue weighted by atomic mass is 9.93. The van der Waals surface area contributed by atoms with E-state index in [2.05, 4.69) is 15.8 Å². The van der Waals surface area contributed by atoms with E-state index in [0.29, 0.717) is 46.2 Å². The predicted molar refractivity (Wildman–Crippen MR) is 115 cm³/mol. The first-order chi connectivity index (χ1) is 15.1. The smallest absolute Gasteiger partial charge is 0.291 e. The molecule has 0 spiro atoms. The lowest BCUT2D eigenvalue weighted by Gasteiger charge is -2.13. The van der Waals surface area contributed by atoms with Crippen LogP contribution < -0.4 is 20.2 Å². The van der Waals surface area contributed by atoms with Crippen LogP contribution in [0.1, 0.15) is 50.0 Å². The number of fused-ring (bicyclic) bond motifs is 2. The Labute approximate surface area is 181 Å². The third-order valence-corrected chi connectivity index (χ3v) is 6.07. The van der Waals surface area contributed by atoms with Crippen molar-refractivity contribution in [3.8, 4) is 11.5 Å². The van der Waals surface area contributed by atoms with Gasteiger partial charge in [0.05, 0.1) is 10.6 Å². The van der Waals surface area contributed by atoms with Gasteiger partial charge in [-0.05, 0) is 43.3 Å². The van der Waals surface area contributed by atoms with Gasteiger partial charge < -0.3 is 19.2 Å². The highest BCUT2D eigenvalue weighted by molar-refractivity contribution is 7.12. The molecule has 2 aliphatic rings. The van der Waals surface area contributed by atoms with Gasteiger partial charge in [-0.3, -0.25) is 9.59 Å². The maximum Gasteiger partial charge on any atom is 0.291 e. The molecular formula is C22H19N3O5S. The number of hydrogen-bond donors (Lipinski definition) is 2. The fraction of sp³-hybridized carbons (Fsp3) is 0.227. The van der Waals surface area contributed by atoms with Crippen molar-refractivity contribution in [3.63, 3.8) is 0 Å². The van der Waals surface area contributed by atoms with Crippen molar-refractivity contribution < 1.29 is 23.5 Å². The third kappa shape index (κ3) is 3.68. The minimum atomic E-state index is -0.354. The largest absolute Gasteiger partial charge is 0.455 e. The normalized spacial score (nSPS) is 15.6. The van der Waals surface area contributed by atoms with Gasteiger partial charge in [0.1, 0.15) is 5.76 Å². The first kappa shape index (κ1) is 19.4. The van der Waals surface area contributed by atoms with Crippen LogP contribution in [0.5, 0.6) is 11.5 Å². The summed E-state index contributed by atoms with van der Waals surface area (Å²) in [6.45, 7) is 2.00. The number of thiophene rings is 1. The van der Waals surface area contributed by atoms with Crippen molar-refractivity contribution in [2.45, 2.75) is 26.2 Å². The Hall–Kier alpha value is -3.59. The minimum Gasteiger partial charge on any atom is -0.455 e. The highest BCUT2D eigenvalue weighted by Gasteiger charge is 2.28. The number of hydrazone groups is 1. The van der Waals surface area contributed by atoms with E-state index in [4.69, 9.17) is 13.9 Å². The molecule has 31 heavy (non-hydrogen) atoms. The summed E-state index contributed by atoms with van der Waals surface area (Å²) in [6.07, 6.45) is 2.24. The molecule has 3 heterocycles. The highest BCUT2D eigenvalue weighted by Crippen LogP contribution is 2.35.